The van der Waals surface area contributed by atoms with Gasteiger partial charge in [0, 0.05) is 25.6 Å². The van der Waals surface area contributed by atoms with Crippen molar-refractivity contribution < 1.29 is 9.47 Å². The van der Waals surface area contributed by atoms with Gasteiger partial charge >= 0.3 is 0 Å². The normalized spacial score (nSPS) is 16.6. The first-order chi connectivity index (χ1) is 17.7. The minimum atomic E-state index is -1.91. The highest BCUT2D eigenvalue weighted by Gasteiger charge is 2.41. The van der Waals surface area contributed by atoms with Crippen LogP contribution < -0.4 is 10.5 Å². The van der Waals surface area contributed by atoms with Crippen LogP contribution in [0.15, 0.2) is 24.4 Å². The van der Waals surface area contributed by atoms with E-state index in [2.05, 4.69) is 81.0 Å². The molecule has 3 aromatic rings. The molecule has 1 aromatic carbocycles. The zero-order valence-electron chi connectivity index (χ0n) is 23.5. The summed E-state index contributed by atoms with van der Waals surface area (Å²) in [5.41, 5.74) is 15.1. The van der Waals surface area contributed by atoms with Gasteiger partial charge in [-0.1, -0.05) is 53.5 Å². The number of aromatic nitrogens is 4. The van der Waals surface area contributed by atoms with Crippen molar-refractivity contribution in [3.05, 3.63) is 30.1 Å². The van der Waals surface area contributed by atoms with Gasteiger partial charge < -0.3 is 15.2 Å². The number of benzene rings is 1. The van der Waals surface area contributed by atoms with E-state index < -0.39 is 8.07 Å². The lowest BCUT2D eigenvalue weighted by Crippen LogP contribution is -2.43. The van der Waals surface area contributed by atoms with Gasteiger partial charge in [0.15, 0.2) is 6.23 Å². The van der Waals surface area contributed by atoms with Crippen LogP contribution in [0.5, 0.6) is 5.88 Å². The molecule has 2 aromatic heterocycles. The van der Waals surface area contributed by atoms with Crippen molar-refractivity contribution in [1.29, 1.82) is 0 Å². The molecule has 1 atom stereocenters. The van der Waals surface area contributed by atoms with E-state index in [4.69, 9.17) is 20.3 Å². The quantitative estimate of drug-likeness (QED) is 0.289. The molecule has 0 spiro atoms. The SMILES string of the molecule is CC(C)[Si](C#Cc1nn(C2CCCCO2)c2ccc(-c3cnn(C)c3OCCN)cc12)(C(C)C)C(C)C. The number of hydrogen-bond acceptors (Lipinski definition) is 5. The van der Waals surface area contributed by atoms with Crippen LogP contribution in [0, 0.1) is 11.5 Å². The molecule has 1 aliphatic heterocycles. The Hall–Kier alpha value is -2.60. The molecular weight excluding hydrogens is 478 g/mol. The van der Waals surface area contributed by atoms with Gasteiger partial charge in [0.1, 0.15) is 20.4 Å². The van der Waals surface area contributed by atoms with Crippen LogP contribution in [0.3, 0.4) is 0 Å². The average Bonchev–Trinajstić information content (AvgIpc) is 3.42. The summed E-state index contributed by atoms with van der Waals surface area (Å²) < 4.78 is 15.9. The van der Waals surface area contributed by atoms with Crippen LogP contribution in [-0.2, 0) is 11.8 Å². The maximum Gasteiger partial charge on any atom is 0.219 e. The van der Waals surface area contributed by atoms with Crippen LogP contribution in [0.1, 0.15) is 72.7 Å². The Labute approximate surface area is 222 Å². The molecule has 1 saturated heterocycles. The molecule has 0 aliphatic carbocycles. The van der Waals surface area contributed by atoms with E-state index in [1.165, 1.54) is 0 Å². The fourth-order valence-corrected chi connectivity index (χ4v) is 11.3. The van der Waals surface area contributed by atoms with Crippen molar-refractivity contribution in [2.75, 3.05) is 19.8 Å². The summed E-state index contributed by atoms with van der Waals surface area (Å²) in [7, 11) is -0.0268. The van der Waals surface area contributed by atoms with Gasteiger partial charge in [-0.2, -0.15) is 10.2 Å². The van der Waals surface area contributed by atoms with Crippen LogP contribution >= 0.6 is 0 Å². The van der Waals surface area contributed by atoms with Crippen LogP contribution in [0.4, 0.5) is 0 Å². The van der Waals surface area contributed by atoms with Crippen molar-refractivity contribution in [3.8, 4) is 28.5 Å². The molecule has 0 radical (unpaired) electrons. The minimum Gasteiger partial charge on any atom is -0.476 e. The third-order valence-electron chi connectivity index (χ3n) is 7.95. The zero-order valence-corrected chi connectivity index (χ0v) is 24.5. The summed E-state index contributed by atoms with van der Waals surface area (Å²) >= 11 is 0. The summed E-state index contributed by atoms with van der Waals surface area (Å²) in [5, 5.41) is 10.6. The zero-order chi connectivity index (χ0) is 26.7. The summed E-state index contributed by atoms with van der Waals surface area (Å²) in [6.07, 6.45) is 5.01. The van der Waals surface area contributed by atoms with Crippen molar-refractivity contribution in [2.45, 2.75) is 83.7 Å². The van der Waals surface area contributed by atoms with E-state index in [1.807, 2.05) is 13.2 Å². The third kappa shape index (κ3) is 5.22. The fourth-order valence-electron chi connectivity index (χ4n) is 6.09. The molecule has 0 saturated carbocycles. The van der Waals surface area contributed by atoms with E-state index in [-0.39, 0.29) is 6.23 Å². The standard InChI is InChI=1S/C29H43N5O2Si/c1-20(2)37(21(3)4,22(5)6)17-13-26-24-18-23(25-19-31-33(7)29(25)36-16-14-30)11-12-27(24)34(32-26)28-10-8-9-15-35-28/h11-12,18-22,28H,8-10,14-16,30H2,1-7H3. The predicted octanol–water partition coefficient (Wildman–Crippen LogP) is 6.04. The number of nitrogens with zero attached hydrogens (tertiary/aromatic N) is 4. The summed E-state index contributed by atoms with van der Waals surface area (Å²) in [5.74, 6) is 4.33. The van der Waals surface area contributed by atoms with Crippen LogP contribution in [0.2, 0.25) is 16.6 Å². The fraction of sp³-hybridized carbons (Fsp3) is 0.586. The molecule has 200 valence electrons. The molecule has 0 amide bonds. The molecule has 1 fully saturated rings. The number of fused-ring (bicyclic) bond motifs is 1. The van der Waals surface area contributed by atoms with Gasteiger partial charge in [-0.05, 0) is 53.6 Å². The number of nitrogens with two attached hydrogens (primary N) is 1. The van der Waals surface area contributed by atoms with E-state index in [1.54, 1.807) is 4.68 Å². The number of aryl methyl sites for hydroxylation is 1. The van der Waals surface area contributed by atoms with Crippen molar-refractivity contribution in [1.82, 2.24) is 19.6 Å². The Morgan fingerprint density at radius 3 is 2.49 bits per heavy atom. The van der Waals surface area contributed by atoms with Gasteiger partial charge in [-0.15, -0.1) is 5.54 Å². The second kappa shape index (κ2) is 11.4. The highest BCUT2D eigenvalue weighted by molar-refractivity contribution is 6.90. The molecule has 37 heavy (non-hydrogen) atoms. The monoisotopic (exact) mass is 521 g/mol. The van der Waals surface area contributed by atoms with E-state index in [9.17, 15) is 0 Å². The Morgan fingerprint density at radius 1 is 1.14 bits per heavy atom. The van der Waals surface area contributed by atoms with Gasteiger partial charge in [-0.25, -0.2) is 9.36 Å². The molecule has 1 aliphatic rings. The number of hydrogen-bond donors (Lipinski definition) is 1. The maximum atomic E-state index is 6.14. The van der Waals surface area contributed by atoms with E-state index in [0.29, 0.717) is 35.7 Å². The molecule has 8 heteroatoms. The Kier molecular flexibility index (Phi) is 8.47. The van der Waals surface area contributed by atoms with Crippen LogP contribution in [-0.4, -0.2) is 47.4 Å². The topological polar surface area (TPSA) is 80.1 Å². The molecule has 2 N–H and O–H groups in total. The van der Waals surface area contributed by atoms with Crippen molar-refractivity contribution in [2.24, 2.45) is 12.8 Å². The first-order valence-corrected chi connectivity index (χ1v) is 16.0. The van der Waals surface area contributed by atoms with E-state index >= 15 is 0 Å². The first-order valence-electron chi connectivity index (χ1n) is 13.7. The second-order valence-corrected chi connectivity index (χ2v) is 16.7. The van der Waals surface area contributed by atoms with Gasteiger partial charge in [0.2, 0.25) is 5.88 Å². The average molecular weight is 522 g/mol. The molecular formula is C29H43N5O2Si. The Balaban J connectivity index is 1.88. The smallest absolute Gasteiger partial charge is 0.219 e. The molecule has 3 heterocycles. The lowest BCUT2D eigenvalue weighted by Gasteiger charge is -2.38. The lowest BCUT2D eigenvalue weighted by atomic mass is 10.1. The maximum absolute atomic E-state index is 6.14. The van der Waals surface area contributed by atoms with Gasteiger partial charge in [0.25, 0.3) is 0 Å². The predicted molar refractivity (Wildman–Crippen MR) is 153 cm³/mol. The van der Waals surface area contributed by atoms with Crippen molar-refractivity contribution >= 4 is 19.0 Å². The largest absolute Gasteiger partial charge is 0.476 e. The Bertz CT molecular complexity index is 1250. The first kappa shape index (κ1) is 27.4. The molecule has 0 bridgehead atoms. The van der Waals surface area contributed by atoms with Gasteiger partial charge in [0.05, 0.1) is 17.3 Å². The minimum absolute atomic E-state index is 0.0539. The van der Waals surface area contributed by atoms with E-state index in [0.717, 1.165) is 53.6 Å². The number of rotatable bonds is 8. The van der Waals surface area contributed by atoms with Crippen molar-refractivity contribution in [3.63, 3.8) is 0 Å². The number of ether oxygens (including phenoxy) is 2. The highest BCUT2D eigenvalue weighted by Crippen LogP contribution is 2.41. The Morgan fingerprint density at radius 2 is 1.86 bits per heavy atom. The second-order valence-electron chi connectivity index (χ2n) is 11.1. The van der Waals surface area contributed by atoms with Crippen LogP contribution in [0.25, 0.3) is 22.0 Å². The molecule has 7 nitrogen and oxygen atoms in total. The molecule has 1 unspecified atom stereocenters. The lowest BCUT2D eigenvalue weighted by molar-refractivity contribution is -0.0367. The third-order valence-corrected chi connectivity index (χ3v) is 14.2. The summed E-state index contributed by atoms with van der Waals surface area (Å²) in [6, 6.07) is 6.43. The molecule has 4 rings (SSSR count). The van der Waals surface area contributed by atoms with Gasteiger partial charge in [-0.3, -0.25) is 0 Å². The highest BCUT2D eigenvalue weighted by atomic mass is 28.3. The summed E-state index contributed by atoms with van der Waals surface area (Å²) in [6.45, 7) is 15.7. The summed E-state index contributed by atoms with van der Waals surface area (Å²) in [4.78, 5) is 0.